The lowest BCUT2D eigenvalue weighted by molar-refractivity contribution is -0.122. The van der Waals surface area contributed by atoms with E-state index in [0.29, 0.717) is 6.61 Å². The molecule has 1 atom stereocenters. The summed E-state index contributed by atoms with van der Waals surface area (Å²) in [6.45, 7) is 6.28. The number of ether oxygens (including phenoxy) is 2. The highest BCUT2D eigenvalue weighted by Crippen LogP contribution is 2.02. The molecule has 0 saturated carbocycles. The first-order chi connectivity index (χ1) is 4.85. The van der Waals surface area contributed by atoms with E-state index in [1.54, 1.807) is 7.11 Å². The van der Waals surface area contributed by atoms with Gasteiger partial charge < -0.3 is 9.47 Å². The molecule has 2 nitrogen and oxygen atoms in total. The molecule has 0 aromatic heterocycles. The molecule has 60 valence electrons. The van der Waals surface area contributed by atoms with E-state index in [9.17, 15) is 0 Å². The van der Waals surface area contributed by atoms with Crippen molar-refractivity contribution in [2.45, 2.75) is 26.1 Å². The van der Waals surface area contributed by atoms with Crippen molar-refractivity contribution in [3.63, 3.8) is 0 Å². The van der Waals surface area contributed by atoms with E-state index in [4.69, 9.17) is 9.47 Å². The number of rotatable bonds is 6. The van der Waals surface area contributed by atoms with Crippen LogP contribution in [-0.4, -0.2) is 20.0 Å². The Hall–Kier alpha value is -0.340. The standard InChI is InChI=1S/C8H16O2/c1-4-6-7-8(9-3)10-5-2/h4,8H,1,5-7H2,2-3H3. The zero-order valence-corrected chi connectivity index (χ0v) is 6.80. The summed E-state index contributed by atoms with van der Waals surface area (Å²) in [7, 11) is 1.66. The molecule has 0 aromatic carbocycles. The number of hydrogen-bond donors (Lipinski definition) is 0. The topological polar surface area (TPSA) is 18.5 Å². The molecule has 10 heavy (non-hydrogen) atoms. The minimum Gasteiger partial charge on any atom is -0.356 e. The highest BCUT2D eigenvalue weighted by atomic mass is 16.7. The Labute approximate surface area is 62.8 Å². The third-order valence-electron chi connectivity index (χ3n) is 1.22. The fourth-order valence-electron chi connectivity index (χ4n) is 0.709. The minimum atomic E-state index is -0.0528. The first-order valence-corrected chi connectivity index (χ1v) is 3.60. The largest absolute Gasteiger partial charge is 0.356 e. The fourth-order valence-corrected chi connectivity index (χ4v) is 0.709. The van der Waals surface area contributed by atoms with E-state index >= 15 is 0 Å². The van der Waals surface area contributed by atoms with E-state index in [1.807, 2.05) is 13.0 Å². The normalized spacial score (nSPS) is 13.0. The molecule has 0 heterocycles. The van der Waals surface area contributed by atoms with Gasteiger partial charge in [-0.3, -0.25) is 0 Å². The predicted octanol–water partition coefficient (Wildman–Crippen LogP) is 1.96. The first kappa shape index (κ1) is 9.66. The van der Waals surface area contributed by atoms with Crippen LogP contribution in [0.4, 0.5) is 0 Å². The van der Waals surface area contributed by atoms with Crippen LogP contribution in [0.5, 0.6) is 0 Å². The summed E-state index contributed by atoms with van der Waals surface area (Å²) in [4.78, 5) is 0. The van der Waals surface area contributed by atoms with Crippen LogP contribution in [0.1, 0.15) is 19.8 Å². The molecule has 2 heteroatoms. The molecule has 0 aromatic rings. The van der Waals surface area contributed by atoms with Crippen molar-refractivity contribution in [1.29, 1.82) is 0 Å². The Bertz CT molecular complexity index is 81.3. The maximum atomic E-state index is 5.22. The lowest BCUT2D eigenvalue weighted by Crippen LogP contribution is -2.14. The second-order valence-electron chi connectivity index (χ2n) is 1.99. The van der Waals surface area contributed by atoms with Crippen molar-refractivity contribution in [3.8, 4) is 0 Å². The minimum absolute atomic E-state index is 0.0528. The van der Waals surface area contributed by atoms with Gasteiger partial charge in [-0.05, 0) is 13.3 Å². The lowest BCUT2D eigenvalue weighted by atomic mass is 10.3. The van der Waals surface area contributed by atoms with Crippen LogP contribution in [0.2, 0.25) is 0 Å². The third kappa shape index (κ3) is 4.53. The van der Waals surface area contributed by atoms with E-state index in [1.165, 1.54) is 0 Å². The second kappa shape index (κ2) is 6.78. The molecule has 0 radical (unpaired) electrons. The number of hydrogen-bond acceptors (Lipinski definition) is 2. The Kier molecular flexibility index (Phi) is 6.55. The van der Waals surface area contributed by atoms with Gasteiger partial charge in [0.25, 0.3) is 0 Å². The average Bonchev–Trinajstić information content (AvgIpc) is 1.98. The van der Waals surface area contributed by atoms with Gasteiger partial charge in [0, 0.05) is 20.1 Å². The van der Waals surface area contributed by atoms with Crippen molar-refractivity contribution in [2.75, 3.05) is 13.7 Å². The van der Waals surface area contributed by atoms with Crippen LogP contribution in [0.25, 0.3) is 0 Å². The SMILES string of the molecule is C=CCCC(OC)OCC. The molecule has 0 spiro atoms. The summed E-state index contributed by atoms with van der Waals surface area (Å²) in [5.41, 5.74) is 0. The predicted molar refractivity (Wildman–Crippen MR) is 41.9 cm³/mol. The average molecular weight is 144 g/mol. The Balaban J connectivity index is 3.29. The number of methoxy groups -OCH3 is 1. The van der Waals surface area contributed by atoms with Gasteiger partial charge in [0.2, 0.25) is 0 Å². The van der Waals surface area contributed by atoms with Gasteiger partial charge in [0.1, 0.15) is 0 Å². The molecule has 0 amide bonds. The molecule has 0 aliphatic heterocycles. The highest BCUT2D eigenvalue weighted by Gasteiger charge is 2.02. The Morgan fingerprint density at radius 2 is 2.30 bits per heavy atom. The van der Waals surface area contributed by atoms with E-state index in [0.717, 1.165) is 12.8 Å². The van der Waals surface area contributed by atoms with Gasteiger partial charge in [-0.2, -0.15) is 0 Å². The summed E-state index contributed by atoms with van der Waals surface area (Å²) < 4.78 is 10.2. The van der Waals surface area contributed by atoms with E-state index < -0.39 is 0 Å². The van der Waals surface area contributed by atoms with Gasteiger partial charge in [0.05, 0.1) is 0 Å². The summed E-state index contributed by atoms with van der Waals surface area (Å²) in [6, 6.07) is 0. The smallest absolute Gasteiger partial charge is 0.157 e. The Morgan fingerprint density at radius 3 is 2.70 bits per heavy atom. The van der Waals surface area contributed by atoms with Gasteiger partial charge in [-0.15, -0.1) is 6.58 Å². The molecular weight excluding hydrogens is 128 g/mol. The molecule has 0 rings (SSSR count). The molecule has 1 unspecified atom stereocenters. The number of allylic oxidation sites excluding steroid dienone is 1. The molecule has 0 bridgehead atoms. The maximum Gasteiger partial charge on any atom is 0.157 e. The quantitative estimate of drug-likeness (QED) is 0.419. The summed E-state index contributed by atoms with van der Waals surface area (Å²) in [6.07, 6.45) is 3.65. The molecular formula is C8H16O2. The summed E-state index contributed by atoms with van der Waals surface area (Å²) in [5, 5.41) is 0. The van der Waals surface area contributed by atoms with Gasteiger partial charge in [-0.1, -0.05) is 6.08 Å². The van der Waals surface area contributed by atoms with Crippen molar-refractivity contribution < 1.29 is 9.47 Å². The third-order valence-corrected chi connectivity index (χ3v) is 1.22. The molecule has 0 N–H and O–H groups in total. The first-order valence-electron chi connectivity index (χ1n) is 3.60. The lowest BCUT2D eigenvalue weighted by Gasteiger charge is -2.13. The molecule has 0 saturated heterocycles. The van der Waals surface area contributed by atoms with E-state index in [-0.39, 0.29) is 6.29 Å². The van der Waals surface area contributed by atoms with Crippen LogP contribution in [0.15, 0.2) is 12.7 Å². The summed E-state index contributed by atoms with van der Waals surface area (Å²) >= 11 is 0. The van der Waals surface area contributed by atoms with Crippen molar-refractivity contribution in [3.05, 3.63) is 12.7 Å². The second-order valence-corrected chi connectivity index (χ2v) is 1.99. The van der Waals surface area contributed by atoms with Crippen LogP contribution in [0, 0.1) is 0 Å². The van der Waals surface area contributed by atoms with Gasteiger partial charge in [0.15, 0.2) is 6.29 Å². The monoisotopic (exact) mass is 144 g/mol. The van der Waals surface area contributed by atoms with Crippen LogP contribution >= 0.6 is 0 Å². The van der Waals surface area contributed by atoms with Crippen molar-refractivity contribution in [2.24, 2.45) is 0 Å². The van der Waals surface area contributed by atoms with Crippen molar-refractivity contribution in [1.82, 2.24) is 0 Å². The molecule has 0 fully saturated rings. The van der Waals surface area contributed by atoms with Gasteiger partial charge >= 0.3 is 0 Å². The van der Waals surface area contributed by atoms with Crippen LogP contribution < -0.4 is 0 Å². The zero-order chi connectivity index (χ0) is 7.82. The van der Waals surface area contributed by atoms with Crippen molar-refractivity contribution >= 4 is 0 Å². The fraction of sp³-hybridized carbons (Fsp3) is 0.750. The van der Waals surface area contributed by atoms with Crippen LogP contribution in [-0.2, 0) is 9.47 Å². The van der Waals surface area contributed by atoms with Gasteiger partial charge in [-0.25, -0.2) is 0 Å². The Morgan fingerprint density at radius 1 is 1.60 bits per heavy atom. The molecule has 0 aliphatic rings. The zero-order valence-electron chi connectivity index (χ0n) is 6.80. The molecule has 0 aliphatic carbocycles. The van der Waals surface area contributed by atoms with Crippen LogP contribution in [0.3, 0.4) is 0 Å². The highest BCUT2D eigenvalue weighted by molar-refractivity contribution is 4.66. The van der Waals surface area contributed by atoms with E-state index in [2.05, 4.69) is 6.58 Å². The summed E-state index contributed by atoms with van der Waals surface area (Å²) in [5.74, 6) is 0. The maximum absolute atomic E-state index is 5.22.